The molecule has 1 aliphatic heterocycles. The van der Waals surface area contributed by atoms with E-state index >= 15 is 0 Å². The van der Waals surface area contributed by atoms with Crippen LogP contribution in [0.25, 0.3) is 0 Å². The van der Waals surface area contributed by atoms with Gasteiger partial charge >= 0.3 is 0 Å². The van der Waals surface area contributed by atoms with Crippen molar-refractivity contribution in [1.82, 2.24) is 5.32 Å². The van der Waals surface area contributed by atoms with Crippen molar-refractivity contribution >= 4 is 29.1 Å². The van der Waals surface area contributed by atoms with Gasteiger partial charge in [0.05, 0.1) is 23.5 Å². The number of benzene rings is 2. The molecule has 0 bridgehead atoms. The van der Waals surface area contributed by atoms with Crippen LogP contribution in [0.4, 0.5) is 11.4 Å². The number of carbonyl (C=O) groups is 3. The number of carbonyl (C=O) groups excluding carboxylic acids is 3. The van der Waals surface area contributed by atoms with Gasteiger partial charge < -0.3 is 20.7 Å². The van der Waals surface area contributed by atoms with Gasteiger partial charge in [0.1, 0.15) is 11.8 Å². The van der Waals surface area contributed by atoms with Crippen molar-refractivity contribution < 1.29 is 19.1 Å². The number of para-hydroxylation sites is 3. The third-order valence-electron chi connectivity index (χ3n) is 4.17. The summed E-state index contributed by atoms with van der Waals surface area (Å²) >= 11 is 0. The van der Waals surface area contributed by atoms with Gasteiger partial charge in [-0.05, 0) is 37.6 Å². The van der Waals surface area contributed by atoms with Crippen LogP contribution in [-0.4, -0.2) is 30.4 Å². The van der Waals surface area contributed by atoms with Crippen LogP contribution in [0.1, 0.15) is 30.1 Å². The summed E-state index contributed by atoms with van der Waals surface area (Å²) in [5.74, 6) is -0.345. The molecule has 1 heterocycles. The maximum Gasteiger partial charge on any atom is 0.254 e. The second kappa shape index (κ2) is 8.35. The van der Waals surface area contributed by atoms with Gasteiger partial charge in [0.25, 0.3) is 5.91 Å². The van der Waals surface area contributed by atoms with Crippen molar-refractivity contribution in [2.75, 3.05) is 17.2 Å². The minimum absolute atomic E-state index is 0.0785. The standard InChI is InChI=1S/C20H21N3O4/c1-2-27-17-10-6-5-9-15(17)21-18(24)12-11-16-20(26)22-14-8-4-3-7-13(14)19(25)23-16/h3-10,16H,2,11-12H2,1H3,(H,21,24)(H,22,26)(H,23,25)/t16-/m1/s1. The highest BCUT2D eigenvalue weighted by Gasteiger charge is 2.27. The molecule has 2 aromatic carbocycles. The molecule has 3 N–H and O–H groups in total. The van der Waals surface area contributed by atoms with Gasteiger partial charge in [0, 0.05) is 6.42 Å². The fraction of sp³-hybridized carbons (Fsp3) is 0.250. The summed E-state index contributed by atoms with van der Waals surface area (Å²) in [6.07, 6.45) is 0.267. The fourth-order valence-corrected chi connectivity index (χ4v) is 2.85. The SMILES string of the molecule is CCOc1ccccc1NC(=O)CC[C@H]1NC(=O)c2ccccc2NC1=O. The van der Waals surface area contributed by atoms with Crippen LogP contribution in [0.2, 0.25) is 0 Å². The van der Waals surface area contributed by atoms with Crippen LogP contribution in [0, 0.1) is 0 Å². The average Bonchev–Trinajstić information content (AvgIpc) is 2.78. The highest BCUT2D eigenvalue weighted by molar-refractivity contribution is 6.10. The highest BCUT2D eigenvalue weighted by Crippen LogP contribution is 2.24. The Hall–Kier alpha value is -3.35. The Balaban J connectivity index is 1.61. The largest absolute Gasteiger partial charge is 0.492 e. The first-order valence-electron chi connectivity index (χ1n) is 8.81. The van der Waals surface area contributed by atoms with E-state index in [1.54, 1.807) is 42.5 Å². The number of nitrogens with one attached hydrogen (secondary N) is 3. The summed E-state index contributed by atoms with van der Waals surface area (Å²) in [7, 11) is 0. The van der Waals surface area contributed by atoms with Gasteiger partial charge in [0.15, 0.2) is 0 Å². The molecule has 0 aliphatic carbocycles. The summed E-state index contributed by atoms with van der Waals surface area (Å²) in [6, 6.07) is 13.2. The Morgan fingerprint density at radius 3 is 2.67 bits per heavy atom. The van der Waals surface area contributed by atoms with Crippen LogP contribution in [0.3, 0.4) is 0 Å². The first-order valence-corrected chi connectivity index (χ1v) is 8.81. The van der Waals surface area contributed by atoms with Crippen LogP contribution in [0.15, 0.2) is 48.5 Å². The Morgan fingerprint density at radius 2 is 1.85 bits per heavy atom. The fourth-order valence-electron chi connectivity index (χ4n) is 2.85. The lowest BCUT2D eigenvalue weighted by Gasteiger charge is -2.15. The molecular formula is C20H21N3O4. The lowest BCUT2D eigenvalue weighted by atomic mass is 10.1. The molecule has 0 radical (unpaired) electrons. The smallest absolute Gasteiger partial charge is 0.254 e. The topological polar surface area (TPSA) is 96.5 Å². The Bertz CT molecular complexity index is 866. The second-order valence-corrected chi connectivity index (χ2v) is 6.08. The number of ether oxygens (including phenoxy) is 1. The molecule has 0 spiro atoms. The first kappa shape index (κ1) is 18.4. The van der Waals surface area contributed by atoms with Crippen molar-refractivity contribution in [3.05, 3.63) is 54.1 Å². The number of anilines is 2. The minimum Gasteiger partial charge on any atom is -0.492 e. The van der Waals surface area contributed by atoms with E-state index in [1.807, 2.05) is 13.0 Å². The number of hydrogen-bond acceptors (Lipinski definition) is 4. The molecule has 7 nitrogen and oxygen atoms in total. The van der Waals surface area contributed by atoms with E-state index in [-0.39, 0.29) is 30.6 Å². The van der Waals surface area contributed by atoms with Gasteiger partial charge in [-0.3, -0.25) is 14.4 Å². The zero-order valence-electron chi connectivity index (χ0n) is 15.0. The Labute approximate surface area is 157 Å². The van der Waals surface area contributed by atoms with Crippen LogP contribution in [-0.2, 0) is 9.59 Å². The molecule has 0 saturated carbocycles. The zero-order chi connectivity index (χ0) is 19.2. The molecule has 1 aliphatic rings. The van der Waals surface area contributed by atoms with Crippen LogP contribution < -0.4 is 20.7 Å². The van der Waals surface area contributed by atoms with Gasteiger partial charge in [-0.2, -0.15) is 0 Å². The molecule has 0 unspecified atom stereocenters. The van der Waals surface area contributed by atoms with Crippen molar-refractivity contribution in [2.45, 2.75) is 25.8 Å². The van der Waals surface area contributed by atoms with Crippen molar-refractivity contribution in [3.8, 4) is 5.75 Å². The third-order valence-corrected chi connectivity index (χ3v) is 4.17. The molecule has 0 saturated heterocycles. The predicted molar refractivity (Wildman–Crippen MR) is 102 cm³/mol. The molecular weight excluding hydrogens is 346 g/mol. The summed E-state index contributed by atoms with van der Waals surface area (Å²) in [5, 5.41) is 8.19. The number of hydrogen-bond donors (Lipinski definition) is 3. The normalized spacial score (nSPS) is 15.8. The van der Waals surface area contributed by atoms with Gasteiger partial charge in [-0.15, -0.1) is 0 Å². The lowest BCUT2D eigenvalue weighted by molar-refractivity contribution is -0.118. The maximum absolute atomic E-state index is 12.4. The van der Waals surface area contributed by atoms with Crippen molar-refractivity contribution in [1.29, 1.82) is 0 Å². The Morgan fingerprint density at radius 1 is 1.11 bits per heavy atom. The molecule has 7 heteroatoms. The van der Waals surface area contributed by atoms with E-state index in [0.717, 1.165) is 0 Å². The molecule has 0 fully saturated rings. The maximum atomic E-state index is 12.4. The van der Waals surface area contributed by atoms with E-state index in [1.165, 1.54) is 0 Å². The van der Waals surface area contributed by atoms with E-state index in [2.05, 4.69) is 16.0 Å². The molecule has 2 aromatic rings. The van der Waals surface area contributed by atoms with E-state index < -0.39 is 6.04 Å². The van der Waals surface area contributed by atoms with E-state index in [9.17, 15) is 14.4 Å². The summed E-state index contributed by atoms with van der Waals surface area (Å²) in [5.41, 5.74) is 1.45. The second-order valence-electron chi connectivity index (χ2n) is 6.08. The summed E-state index contributed by atoms with van der Waals surface area (Å²) in [4.78, 5) is 36.9. The zero-order valence-corrected chi connectivity index (χ0v) is 15.0. The molecule has 1 atom stereocenters. The Kier molecular flexibility index (Phi) is 5.71. The summed E-state index contributed by atoms with van der Waals surface area (Å²) in [6.45, 7) is 2.35. The van der Waals surface area contributed by atoms with Gasteiger partial charge in [-0.1, -0.05) is 24.3 Å². The number of amides is 3. The van der Waals surface area contributed by atoms with E-state index in [0.29, 0.717) is 29.3 Å². The molecule has 3 amide bonds. The lowest BCUT2D eigenvalue weighted by Crippen LogP contribution is -2.41. The van der Waals surface area contributed by atoms with Gasteiger partial charge in [-0.25, -0.2) is 0 Å². The molecule has 140 valence electrons. The van der Waals surface area contributed by atoms with Crippen molar-refractivity contribution in [3.63, 3.8) is 0 Å². The summed E-state index contributed by atoms with van der Waals surface area (Å²) < 4.78 is 5.48. The van der Waals surface area contributed by atoms with Crippen molar-refractivity contribution in [2.24, 2.45) is 0 Å². The number of fused-ring (bicyclic) bond motifs is 1. The minimum atomic E-state index is -0.780. The van der Waals surface area contributed by atoms with E-state index in [4.69, 9.17) is 4.74 Å². The molecule has 3 rings (SSSR count). The highest BCUT2D eigenvalue weighted by atomic mass is 16.5. The monoisotopic (exact) mass is 367 g/mol. The van der Waals surface area contributed by atoms with Crippen LogP contribution in [0.5, 0.6) is 5.75 Å². The quantitative estimate of drug-likeness (QED) is 0.731. The van der Waals surface area contributed by atoms with Crippen LogP contribution >= 0.6 is 0 Å². The predicted octanol–water partition coefficient (Wildman–Crippen LogP) is 2.55. The average molecular weight is 367 g/mol. The van der Waals surface area contributed by atoms with Gasteiger partial charge in [0.2, 0.25) is 11.8 Å². The third kappa shape index (κ3) is 4.44. The molecule has 0 aromatic heterocycles. The molecule has 27 heavy (non-hydrogen) atoms. The number of rotatable bonds is 6. The first-order chi connectivity index (χ1) is 13.1.